The number of benzene rings is 2. The molecule has 0 aliphatic carbocycles. The Hall–Kier alpha value is -2.54. The molecule has 1 N–H and O–H groups in total. The first kappa shape index (κ1) is 17.8. The van der Waals surface area contributed by atoms with Gasteiger partial charge in [-0.25, -0.2) is 4.83 Å². The number of rotatable bonds is 6. The Kier molecular flexibility index (Phi) is 5.46. The third kappa shape index (κ3) is 4.05. The average molecular weight is 348 g/mol. The molecule has 0 heterocycles. The molecule has 24 heavy (non-hydrogen) atoms. The molecule has 0 saturated carbocycles. The smallest absolute Gasteiger partial charge is 0.276 e. The number of hydrazone groups is 1. The third-order valence-electron chi connectivity index (χ3n) is 3.43. The van der Waals surface area contributed by atoms with Crippen LogP contribution >= 0.6 is 0 Å². The van der Waals surface area contributed by atoms with Crippen LogP contribution in [0.1, 0.15) is 16.7 Å². The quantitative estimate of drug-likeness (QED) is 0.643. The Morgan fingerprint density at radius 3 is 2.38 bits per heavy atom. The second kappa shape index (κ2) is 7.35. The van der Waals surface area contributed by atoms with Gasteiger partial charge in [-0.2, -0.15) is 13.5 Å². The lowest BCUT2D eigenvalue weighted by Crippen LogP contribution is -2.19. The van der Waals surface area contributed by atoms with Crippen LogP contribution < -0.4 is 14.3 Å². The van der Waals surface area contributed by atoms with Crippen LogP contribution in [0.3, 0.4) is 0 Å². The summed E-state index contributed by atoms with van der Waals surface area (Å²) < 4.78 is 35.0. The van der Waals surface area contributed by atoms with Crippen LogP contribution in [0.25, 0.3) is 0 Å². The van der Waals surface area contributed by atoms with Crippen molar-refractivity contribution in [3.63, 3.8) is 0 Å². The van der Waals surface area contributed by atoms with Gasteiger partial charge in [0.05, 0.1) is 25.3 Å². The minimum absolute atomic E-state index is 0.215. The van der Waals surface area contributed by atoms with Crippen molar-refractivity contribution in [3.8, 4) is 11.5 Å². The molecule has 0 aliphatic rings. The summed E-state index contributed by atoms with van der Waals surface area (Å²) in [5.74, 6) is 1.13. The van der Waals surface area contributed by atoms with Gasteiger partial charge in [-0.05, 0) is 54.8 Å². The molecule has 0 radical (unpaired) electrons. The van der Waals surface area contributed by atoms with Gasteiger partial charge in [0.2, 0.25) is 0 Å². The fourth-order valence-corrected chi connectivity index (χ4v) is 3.27. The zero-order valence-corrected chi connectivity index (χ0v) is 14.8. The van der Waals surface area contributed by atoms with Crippen LogP contribution in [0.5, 0.6) is 11.5 Å². The van der Waals surface area contributed by atoms with E-state index >= 15 is 0 Å². The van der Waals surface area contributed by atoms with Crippen LogP contribution in [-0.2, 0) is 10.0 Å². The van der Waals surface area contributed by atoms with Gasteiger partial charge in [-0.3, -0.25) is 0 Å². The maximum Gasteiger partial charge on any atom is 0.276 e. The maximum atomic E-state index is 12.3. The predicted molar refractivity (Wildman–Crippen MR) is 93.4 cm³/mol. The van der Waals surface area contributed by atoms with Crippen molar-refractivity contribution in [1.82, 2.24) is 4.83 Å². The molecule has 2 aromatic carbocycles. The molecule has 2 rings (SSSR count). The van der Waals surface area contributed by atoms with Crippen molar-refractivity contribution in [2.75, 3.05) is 14.2 Å². The lowest BCUT2D eigenvalue weighted by Gasteiger charge is -2.08. The first-order valence-electron chi connectivity index (χ1n) is 7.21. The van der Waals surface area contributed by atoms with Crippen LogP contribution in [-0.4, -0.2) is 28.9 Å². The minimum atomic E-state index is -3.72. The van der Waals surface area contributed by atoms with E-state index in [4.69, 9.17) is 9.47 Å². The van der Waals surface area contributed by atoms with Crippen LogP contribution in [0.2, 0.25) is 0 Å². The Labute approximate surface area is 142 Å². The number of hydrogen-bond acceptors (Lipinski definition) is 5. The van der Waals surface area contributed by atoms with E-state index in [1.807, 2.05) is 13.0 Å². The summed E-state index contributed by atoms with van der Waals surface area (Å²) in [6, 6.07) is 10.4. The van der Waals surface area contributed by atoms with Crippen LogP contribution in [0, 0.1) is 13.8 Å². The highest BCUT2D eigenvalue weighted by Gasteiger charge is 2.15. The first-order valence-corrected chi connectivity index (χ1v) is 8.70. The molecule has 6 nitrogen and oxygen atoms in total. The number of sulfonamides is 1. The molecule has 0 bridgehead atoms. The molecule has 0 spiro atoms. The standard InChI is InChI=1S/C17H20N2O4S/c1-12-5-6-13(2)17(9-12)24(20,21)19-18-11-14-7-8-15(22-3)16(10-14)23-4/h5-11,19H,1-4H3/b18-11-. The molecule has 7 heteroatoms. The summed E-state index contributed by atoms with van der Waals surface area (Å²) in [5.41, 5.74) is 2.20. The molecule has 0 amide bonds. The number of ether oxygens (including phenoxy) is 2. The largest absolute Gasteiger partial charge is 0.493 e. The fourth-order valence-electron chi connectivity index (χ4n) is 2.15. The predicted octanol–water partition coefficient (Wildman–Crippen LogP) is 2.63. The van der Waals surface area contributed by atoms with E-state index in [2.05, 4.69) is 9.93 Å². The SMILES string of the molecule is COc1ccc(/C=N\NS(=O)(=O)c2cc(C)ccc2C)cc1OC. The minimum Gasteiger partial charge on any atom is -0.493 e. The maximum absolute atomic E-state index is 12.3. The zero-order chi connectivity index (χ0) is 17.7. The van der Waals surface area contributed by atoms with Crippen molar-refractivity contribution in [2.45, 2.75) is 18.7 Å². The lowest BCUT2D eigenvalue weighted by atomic mass is 10.2. The second-order valence-corrected chi connectivity index (χ2v) is 6.87. The van der Waals surface area contributed by atoms with E-state index in [0.29, 0.717) is 22.6 Å². The molecular weight excluding hydrogens is 328 g/mol. The van der Waals surface area contributed by atoms with E-state index < -0.39 is 10.0 Å². The van der Waals surface area contributed by atoms with Gasteiger partial charge in [-0.1, -0.05) is 12.1 Å². The Bertz CT molecular complexity index is 861. The molecule has 0 saturated heterocycles. The van der Waals surface area contributed by atoms with E-state index in [1.54, 1.807) is 44.4 Å². The molecule has 128 valence electrons. The number of methoxy groups -OCH3 is 2. The molecule has 0 aromatic heterocycles. The topological polar surface area (TPSA) is 77.0 Å². The highest BCUT2D eigenvalue weighted by Crippen LogP contribution is 2.26. The fraction of sp³-hybridized carbons (Fsp3) is 0.235. The Morgan fingerprint density at radius 2 is 1.71 bits per heavy atom. The van der Waals surface area contributed by atoms with Crippen molar-refractivity contribution in [2.24, 2.45) is 5.10 Å². The number of hydrogen-bond donors (Lipinski definition) is 1. The normalized spacial score (nSPS) is 11.5. The highest BCUT2D eigenvalue weighted by molar-refractivity contribution is 7.89. The van der Waals surface area contributed by atoms with Crippen LogP contribution in [0.4, 0.5) is 0 Å². The average Bonchev–Trinajstić information content (AvgIpc) is 2.56. The van der Waals surface area contributed by atoms with Gasteiger partial charge >= 0.3 is 0 Å². The highest BCUT2D eigenvalue weighted by atomic mass is 32.2. The monoisotopic (exact) mass is 348 g/mol. The van der Waals surface area contributed by atoms with Gasteiger partial charge in [-0.15, -0.1) is 0 Å². The van der Waals surface area contributed by atoms with Crippen molar-refractivity contribution < 1.29 is 17.9 Å². The first-order chi connectivity index (χ1) is 11.4. The van der Waals surface area contributed by atoms with Crippen molar-refractivity contribution in [1.29, 1.82) is 0 Å². The van der Waals surface area contributed by atoms with E-state index in [-0.39, 0.29) is 4.90 Å². The molecule has 0 fully saturated rings. The number of nitrogens with one attached hydrogen (secondary N) is 1. The second-order valence-electron chi connectivity index (χ2n) is 5.24. The van der Waals surface area contributed by atoms with E-state index in [1.165, 1.54) is 13.3 Å². The molecule has 0 aliphatic heterocycles. The summed E-state index contributed by atoms with van der Waals surface area (Å²) in [6.45, 7) is 3.58. The molecule has 2 aromatic rings. The molecule has 0 atom stereocenters. The summed E-state index contributed by atoms with van der Waals surface area (Å²) >= 11 is 0. The Morgan fingerprint density at radius 1 is 1.00 bits per heavy atom. The summed E-state index contributed by atoms with van der Waals surface area (Å²) in [6.07, 6.45) is 1.41. The molecule has 0 unspecified atom stereocenters. The summed E-state index contributed by atoms with van der Waals surface area (Å²) in [5, 5.41) is 3.83. The number of nitrogens with zero attached hydrogens (tertiary/aromatic N) is 1. The van der Waals surface area contributed by atoms with Crippen molar-refractivity contribution in [3.05, 3.63) is 53.1 Å². The van der Waals surface area contributed by atoms with Crippen molar-refractivity contribution >= 4 is 16.2 Å². The Balaban J connectivity index is 2.20. The van der Waals surface area contributed by atoms with Crippen LogP contribution in [0.15, 0.2) is 46.4 Å². The summed E-state index contributed by atoms with van der Waals surface area (Å²) in [7, 11) is -0.641. The summed E-state index contributed by atoms with van der Waals surface area (Å²) in [4.78, 5) is 2.44. The van der Waals surface area contributed by atoms with Gasteiger partial charge in [0.15, 0.2) is 11.5 Å². The van der Waals surface area contributed by atoms with Gasteiger partial charge in [0.25, 0.3) is 10.0 Å². The number of aryl methyl sites for hydroxylation is 2. The van der Waals surface area contributed by atoms with E-state index in [9.17, 15) is 8.42 Å². The lowest BCUT2D eigenvalue weighted by molar-refractivity contribution is 0.355. The van der Waals surface area contributed by atoms with Gasteiger partial charge in [0, 0.05) is 0 Å². The van der Waals surface area contributed by atoms with Gasteiger partial charge in [0.1, 0.15) is 0 Å². The van der Waals surface area contributed by atoms with Gasteiger partial charge < -0.3 is 9.47 Å². The third-order valence-corrected chi connectivity index (χ3v) is 4.79. The molecular formula is C17H20N2O4S. The van der Waals surface area contributed by atoms with E-state index in [0.717, 1.165) is 5.56 Å². The zero-order valence-electron chi connectivity index (χ0n) is 14.0.